The predicted octanol–water partition coefficient (Wildman–Crippen LogP) is 1.72. The fraction of sp³-hybridized carbons (Fsp3) is 0.933. The number of piperidine rings is 1. The molecule has 20 heavy (non-hydrogen) atoms. The molecule has 0 aromatic heterocycles. The van der Waals surface area contributed by atoms with Crippen LogP contribution in [0.15, 0.2) is 0 Å². The van der Waals surface area contributed by atoms with Crippen molar-refractivity contribution >= 4 is 6.03 Å². The molecule has 2 atom stereocenters. The Morgan fingerprint density at radius 1 is 1.25 bits per heavy atom. The molecule has 0 saturated carbocycles. The van der Waals surface area contributed by atoms with E-state index < -0.39 is 0 Å². The summed E-state index contributed by atoms with van der Waals surface area (Å²) in [5.41, 5.74) is 0.0145. The number of rotatable bonds is 2. The van der Waals surface area contributed by atoms with E-state index in [4.69, 9.17) is 9.47 Å². The number of hydrogen-bond acceptors (Lipinski definition) is 3. The van der Waals surface area contributed by atoms with Crippen molar-refractivity contribution in [1.82, 2.24) is 9.80 Å². The van der Waals surface area contributed by atoms with Crippen LogP contribution in [-0.4, -0.2) is 68.4 Å². The van der Waals surface area contributed by atoms with E-state index in [2.05, 4.69) is 0 Å². The third-order valence-corrected chi connectivity index (χ3v) is 5.07. The van der Waals surface area contributed by atoms with Gasteiger partial charge >= 0.3 is 6.03 Å². The smallest absolute Gasteiger partial charge is 0.320 e. The first-order valence-corrected chi connectivity index (χ1v) is 7.90. The van der Waals surface area contributed by atoms with Crippen molar-refractivity contribution in [2.75, 3.05) is 46.5 Å². The van der Waals surface area contributed by atoms with Crippen LogP contribution in [0, 0.1) is 5.41 Å². The van der Waals surface area contributed by atoms with Crippen LogP contribution in [0.4, 0.5) is 4.79 Å². The Labute approximate surface area is 121 Å². The third-order valence-electron chi connectivity index (χ3n) is 5.07. The van der Waals surface area contributed by atoms with Crippen molar-refractivity contribution < 1.29 is 14.3 Å². The molecule has 3 saturated heterocycles. The summed E-state index contributed by atoms with van der Waals surface area (Å²) in [7, 11) is 1.75. The van der Waals surface area contributed by atoms with Gasteiger partial charge in [0.15, 0.2) is 0 Å². The molecule has 0 bridgehead atoms. The van der Waals surface area contributed by atoms with E-state index in [1.165, 1.54) is 0 Å². The number of nitrogens with zero attached hydrogens (tertiary/aromatic N) is 2. The van der Waals surface area contributed by atoms with Crippen molar-refractivity contribution in [2.24, 2.45) is 5.41 Å². The maximum Gasteiger partial charge on any atom is 0.320 e. The predicted molar refractivity (Wildman–Crippen MR) is 75.7 cm³/mol. The van der Waals surface area contributed by atoms with Crippen LogP contribution in [-0.2, 0) is 9.47 Å². The molecule has 0 aliphatic carbocycles. The van der Waals surface area contributed by atoms with E-state index in [1.807, 2.05) is 9.80 Å². The average Bonchev–Trinajstić information content (AvgIpc) is 3.00. The highest BCUT2D eigenvalue weighted by Crippen LogP contribution is 2.40. The van der Waals surface area contributed by atoms with Gasteiger partial charge in [0.2, 0.25) is 0 Å². The number of hydrogen-bond donors (Lipinski definition) is 0. The number of urea groups is 1. The van der Waals surface area contributed by atoms with Gasteiger partial charge in [-0.3, -0.25) is 0 Å². The number of likely N-dealkylation sites (tertiary alicyclic amines) is 2. The van der Waals surface area contributed by atoms with E-state index >= 15 is 0 Å². The molecule has 3 aliphatic heterocycles. The monoisotopic (exact) mass is 282 g/mol. The second-order valence-electron chi connectivity index (χ2n) is 6.45. The summed E-state index contributed by atoms with van der Waals surface area (Å²) in [4.78, 5) is 16.6. The maximum atomic E-state index is 12.6. The number of ether oxygens (including phenoxy) is 2. The van der Waals surface area contributed by atoms with E-state index in [1.54, 1.807) is 7.11 Å². The highest BCUT2D eigenvalue weighted by molar-refractivity contribution is 5.75. The van der Waals surface area contributed by atoms with Gasteiger partial charge in [-0.2, -0.15) is 0 Å². The van der Waals surface area contributed by atoms with Crippen LogP contribution in [0.2, 0.25) is 0 Å². The Balaban J connectivity index is 1.70. The summed E-state index contributed by atoms with van der Waals surface area (Å²) in [5, 5.41) is 0. The average molecular weight is 282 g/mol. The number of amides is 2. The zero-order chi connectivity index (χ0) is 14.0. The van der Waals surface area contributed by atoms with Gasteiger partial charge in [-0.05, 0) is 32.1 Å². The van der Waals surface area contributed by atoms with Crippen LogP contribution < -0.4 is 0 Å². The van der Waals surface area contributed by atoms with Crippen LogP contribution in [0.1, 0.15) is 32.1 Å². The summed E-state index contributed by atoms with van der Waals surface area (Å²) in [6.45, 7) is 5.02. The highest BCUT2D eigenvalue weighted by Gasteiger charge is 2.47. The van der Waals surface area contributed by atoms with Crippen LogP contribution in [0.25, 0.3) is 0 Å². The minimum atomic E-state index is 0.0145. The first-order chi connectivity index (χ1) is 9.75. The number of fused-ring (bicyclic) bond motifs is 1. The Morgan fingerprint density at radius 2 is 2.05 bits per heavy atom. The first-order valence-electron chi connectivity index (χ1n) is 7.90. The second-order valence-corrected chi connectivity index (χ2v) is 6.45. The van der Waals surface area contributed by atoms with Crippen LogP contribution in [0.5, 0.6) is 0 Å². The third kappa shape index (κ3) is 2.53. The minimum Gasteiger partial charge on any atom is -0.384 e. The SMILES string of the molecule is COC[C@]12CCCO[C@@H]1CCN(C(=O)N1CCCC1)C2. The van der Waals surface area contributed by atoms with Crippen molar-refractivity contribution in [3.63, 3.8) is 0 Å². The molecule has 0 unspecified atom stereocenters. The Morgan fingerprint density at radius 3 is 2.80 bits per heavy atom. The fourth-order valence-electron chi connectivity index (χ4n) is 4.06. The van der Waals surface area contributed by atoms with Crippen molar-refractivity contribution in [2.45, 2.75) is 38.2 Å². The second kappa shape index (κ2) is 5.90. The molecule has 3 rings (SSSR count). The van der Waals surface area contributed by atoms with E-state index in [-0.39, 0.29) is 17.6 Å². The Hall–Kier alpha value is -0.810. The summed E-state index contributed by atoms with van der Waals surface area (Å²) >= 11 is 0. The van der Waals surface area contributed by atoms with Gasteiger partial charge in [-0.1, -0.05) is 0 Å². The van der Waals surface area contributed by atoms with E-state index in [9.17, 15) is 4.79 Å². The van der Waals surface area contributed by atoms with E-state index in [0.29, 0.717) is 6.61 Å². The lowest BCUT2D eigenvalue weighted by Gasteiger charge is -2.50. The summed E-state index contributed by atoms with van der Waals surface area (Å²) in [5.74, 6) is 0. The summed E-state index contributed by atoms with van der Waals surface area (Å²) in [6.07, 6.45) is 5.69. The van der Waals surface area contributed by atoms with Gasteiger partial charge < -0.3 is 19.3 Å². The number of methoxy groups -OCH3 is 1. The lowest BCUT2D eigenvalue weighted by Crippen LogP contribution is -2.59. The topological polar surface area (TPSA) is 42.0 Å². The van der Waals surface area contributed by atoms with Gasteiger partial charge in [0, 0.05) is 45.3 Å². The van der Waals surface area contributed by atoms with Gasteiger partial charge in [0.25, 0.3) is 0 Å². The molecule has 0 radical (unpaired) electrons. The molecule has 3 aliphatic rings. The Kier molecular flexibility index (Phi) is 4.17. The lowest BCUT2D eigenvalue weighted by atomic mass is 9.73. The molecule has 3 heterocycles. The fourth-order valence-corrected chi connectivity index (χ4v) is 4.06. The molecular weight excluding hydrogens is 256 g/mol. The largest absolute Gasteiger partial charge is 0.384 e. The molecule has 0 spiro atoms. The molecule has 5 heteroatoms. The Bertz CT molecular complexity index is 353. The summed E-state index contributed by atoms with van der Waals surface area (Å²) < 4.78 is 11.4. The van der Waals surface area contributed by atoms with Gasteiger partial charge in [-0.25, -0.2) is 4.79 Å². The first kappa shape index (κ1) is 14.1. The molecule has 5 nitrogen and oxygen atoms in total. The normalized spacial score (nSPS) is 34.1. The molecule has 2 amide bonds. The molecule has 0 aromatic carbocycles. The summed E-state index contributed by atoms with van der Waals surface area (Å²) in [6, 6.07) is 0.224. The van der Waals surface area contributed by atoms with Crippen LogP contribution in [0.3, 0.4) is 0 Å². The lowest BCUT2D eigenvalue weighted by molar-refractivity contribution is -0.142. The standard InChI is InChI=1S/C15H26N2O3/c1-19-12-15-6-4-10-20-13(15)5-9-17(11-15)14(18)16-7-2-3-8-16/h13H,2-12H2,1H3/t13-,15-/m1/s1. The molecule has 0 aromatic rings. The minimum absolute atomic E-state index is 0.0145. The molecular formula is C15H26N2O3. The zero-order valence-electron chi connectivity index (χ0n) is 12.5. The van der Waals surface area contributed by atoms with E-state index in [0.717, 1.165) is 64.9 Å². The molecule has 3 fully saturated rings. The van der Waals surface area contributed by atoms with Gasteiger partial charge in [0.05, 0.1) is 12.7 Å². The van der Waals surface area contributed by atoms with Gasteiger partial charge in [-0.15, -0.1) is 0 Å². The van der Waals surface area contributed by atoms with Crippen molar-refractivity contribution in [3.05, 3.63) is 0 Å². The quantitative estimate of drug-likeness (QED) is 0.774. The van der Waals surface area contributed by atoms with Crippen LogP contribution >= 0.6 is 0 Å². The van der Waals surface area contributed by atoms with Crippen molar-refractivity contribution in [1.29, 1.82) is 0 Å². The number of carbonyl (C=O) groups excluding carboxylic acids is 1. The molecule has 0 N–H and O–H groups in total. The maximum absolute atomic E-state index is 12.6. The highest BCUT2D eigenvalue weighted by atomic mass is 16.5. The zero-order valence-corrected chi connectivity index (χ0v) is 12.5. The number of carbonyl (C=O) groups is 1. The van der Waals surface area contributed by atoms with Crippen molar-refractivity contribution in [3.8, 4) is 0 Å². The molecule has 114 valence electrons. The van der Waals surface area contributed by atoms with Gasteiger partial charge in [0.1, 0.15) is 0 Å².